The molecule has 0 bridgehead atoms. The van der Waals surface area contributed by atoms with E-state index in [0.717, 1.165) is 37.7 Å². The highest BCUT2D eigenvalue weighted by molar-refractivity contribution is 7.80. The molecular formula is C22H27NO2S. The molecule has 0 aliphatic rings. The Bertz CT molecular complexity index is 700. The average Bonchev–Trinajstić information content (AvgIpc) is 2.65. The first kappa shape index (κ1) is 20.2. The standard InChI is InChI=1S/C22H27NO2S/c24-19(17-18-11-5-4-6-12-18)13-7-2-1-3-10-16-23-22(25)20-14-8-9-15-21(20)26/h4-6,8-9,11-12,14-15,26H,1-3,7,10,13,16-17H2,(H,23,25). The summed E-state index contributed by atoms with van der Waals surface area (Å²) in [4.78, 5) is 24.7. The minimum absolute atomic E-state index is 0.0675. The molecule has 2 rings (SSSR count). The Kier molecular flexibility index (Phi) is 8.98. The monoisotopic (exact) mass is 369 g/mol. The van der Waals surface area contributed by atoms with E-state index in [4.69, 9.17) is 0 Å². The van der Waals surface area contributed by atoms with Crippen molar-refractivity contribution in [3.8, 4) is 0 Å². The molecule has 0 saturated carbocycles. The maximum absolute atomic E-state index is 12.0. The van der Waals surface area contributed by atoms with E-state index in [1.54, 1.807) is 6.07 Å². The number of benzene rings is 2. The molecule has 0 saturated heterocycles. The van der Waals surface area contributed by atoms with Crippen LogP contribution >= 0.6 is 12.6 Å². The number of hydrogen-bond acceptors (Lipinski definition) is 3. The second kappa shape index (κ2) is 11.5. The Morgan fingerprint density at radius 2 is 1.46 bits per heavy atom. The van der Waals surface area contributed by atoms with Crippen molar-refractivity contribution < 1.29 is 9.59 Å². The fourth-order valence-electron chi connectivity index (χ4n) is 2.85. The number of unbranched alkanes of at least 4 members (excludes halogenated alkanes) is 4. The third kappa shape index (κ3) is 7.44. The summed E-state index contributed by atoms with van der Waals surface area (Å²) in [5, 5.41) is 2.93. The van der Waals surface area contributed by atoms with Crippen molar-refractivity contribution in [2.24, 2.45) is 0 Å². The van der Waals surface area contributed by atoms with Crippen LogP contribution in [0.5, 0.6) is 0 Å². The lowest BCUT2D eigenvalue weighted by atomic mass is 10.0. The first-order valence-corrected chi connectivity index (χ1v) is 9.73. The maximum Gasteiger partial charge on any atom is 0.252 e. The molecule has 0 radical (unpaired) electrons. The summed E-state index contributed by atoms with van der Waals surface area (Å²) in [6.07, 6.45) is 6.33. The van der Waals surface area contributed by atoms with E-state index in [2.05, 4.69) is 17.9 Å². The molecule has 0 aliphatic carbocycles. The van der Waals surface area contributed by atoms with Gasteiger partial charge in [-0.2, -0.15) is 0 Å². The molecule has 0 aromatic heterocycles. The number of rotatable bonds is 11. The van der Waals surface area contributed by atoms with Gasteiger partial charge in [-0.15, -0.1) is 12.6 Å². The first-order valence-electron chi connectivity index (χ1n) is 9.28. The molecule has 0 aliphatic heterocycles. The zero-order valence-corrected chi connectivity index (χ0v) is 16.0. The molecule has 0 fully saturated rings. The third-order valence-corrected chi connectivity index (χ3v) is 4.70. The minimum atomic E-state index is -0.0675. The Morgan fingerprint density at radius 1 is 0.808 bits per heavy atom. The fraction of sp³-hybridized carbons (Fsp3) is 0.364. The van der Waals surface area contributed by atoms with Gasteiger partial charge in [0.05, 0.1) is 5.56 Å². The summed E-state index contributed by atoms with van der Waals surface area (Å²) < 4.78 is 0. The second-order valence-electron chi connectivity index (χ2n) is 6.49. The quantitative estimate of drug-likeness (QED) is 0.439. The van der Waals surface area contributed by atoms with E-state index < -0.39 is 0 Å². The van der Waals surface area contributed by atoms with E-state index >= 15 is 0 Å². The van der Waals surface area contributed by atoms with Crippen LogP contribution in [0.15, 0.2) is 59.5 Å². The highest BCUT2D eigenvalue weighted by Gasteiger charge is 2.07. The van der Waals surface area contributed by atoms with Crippen LogP contribution in [-0.4, -0.2) is 18.2 Å². The van der Waals surface area contributed by atoms with Crippen molar-refractivity contribution in [1.82, 2.24) is 5.32 Å². The molecule has 2 aromatic carbocycles. The van der Waals surface area contributed by atoms with Gasteiger partial charge in [-0.25, -0.2) is 0 Å². The summed E-state index contributed by atoms with van der Waals surface area (Å²) in [5.74, 6) is 0.246. The number of ketones is 1. The molecule has 0 unspecified atom stereocenters. The molecule has 0 atom stereocenters. The molecule has 1 N–H and O–H groups in total. The van der Waals surface area contributed by atoms with E-state index in [-0.39, 0.29) is 5.91 Å². The van der Waals surface area contributed by atoms with Crippen LogP contribution in [0.3, 0.4) is 0 Å². The van der Waals surface area contributed by atoms with E-state index in [0.29, 0.717) is 35.6 Å². The SMILES string of the molecule is O=C(CCCCCCCNC(=O)c1ccccc1S)Cc1ccccc1. The summed E-state index contributed by atoms with van der Waals surface area (Å²) in [6.45, 7) is 0.674. The number of hydrogen-bond donors (Lipinski definition) is 2. The topological polar surface area (TPSA) is 46.2 Å². The molecule has 3 nitrogen and oxygen atoms in total. The van der Waals surface area contributed by atoms with Gasteiger partial charge in [0.15, 0.2) is 0 Å². The lowest BCUT2D eigenvalue weighted by Gasteiger charge is -2.07. The number of nitrogens with one attached hydrogen (secondary N) is 1. The van der Waals surface area contributed by atoms with Gasteiger partial charge in [0.2, 0.25) is 0 Å². The van der Waals surface area contributed by atoms with Gasteiger partial charge in [0.1, 0.15) is 5.78 Å². The first-order chi connectivity index (χ1) is 12.7. The Morgan fingerprint density at radius 3 is 2.23 bits per heavy atom. The Hall–Kier alpha value is -2.07. The van der Waals surface area contributed by atoms with Crippen LogP contribution < -0.4 is 5.32 Å². The normalized spacial score (nSPS) is 10.5. The summed E-state index contributed by atoms with van der Waals surface area (Å²) in [6, 6.07) is 17.2. The second-order valence-corrected chi connectivity index (χ2v) is 6.97. The van der Waals surface area contributed by atoms with Crippen molar-refractivity contribution in [3.63, 3.8) is 0 Å². The maximum atomic E-state index is 12.0. The van der Waals surface area contributed by atoms with Gasteiger partial charge in [-0.05, 0) is 30.5 Å². The smallest absolute Gasteiger partial charge is 0.252 e. The van der Waals surface area contributed by atoms with Gasteiger partial charge in [0.25, 0.3) is 5.91 Å². The fourth-order valence-corrected chi connectivity index (χ4v) is 3.11. The molecule has 4 heteroatoms. The molecule has 138 valence electrons. The van der Waals surface area contributed by atoms with E-state index in [9.17, 15) is 9.59 Å². The lowest BCUT2D eigenvalue weighted by Crippen LogP contribution is -2.24. The molecule has 26 heavy (non-hydrogen) atoms. The van der Waals surface area contributed by atoms with Gasteiger partial charge < -0.3 is 5.32 Å². The van der Waals surface area contributed by atoms with Crippen LogP contribution in [0.4, 0.5) is 0 Å². The summed E-state index contributed by atoms with van der Waals surface area (Å²) in [5.41, 5.74) is 1.71. The average molecular weight is 370 g/mol. The van der Waals surface area contributed by atoms with Crippen molar-refractivity contribution in [2.75, 3.05) is 6.54 Å². The number of carbonyl (C=O) groups is 2. The predicted octanol–water partition coefficient (Wildman–Crippen LogP) is 4.86. The zero-order valence-electron chi connectivity index (χ0n) is 15.1. The van der Waals surface area contributed by atoms with Crippen molar-refractivity contribution in [3.05, 3.63) is 65.7 Å². The van der Waals surface area contributed by atoms with Crippen LogP contribution in [-0.2, 0) is 11.2 Å². The molecule has 1 amide bonds. The molecule has 0 spiro atoms. The summed E-state index contributed by atoms with van der Waals surface area (Å²) in [7, 11) is 0. The van der Waals surface area contributed by atoms with Gasteiger partial charge in [-0.3, -0.25) is 9.59 Å². The van der Waals surface area contributed by atoms with E-state index in [1.807, 2.05) is 48.5 Å². The number of Topliss-reactive ketones (excluding diaryl/α,β-unsaturated/α-hetero) is 1. The predicted molar refractivity (Wildman–Crippen MR) is 109 cm³/mol. The zero-order chi connectivity index (χ0) is 18.6. The highest BCUT2D eigenvalue weighted by atomic mass is 32.1. The van der Waals surface area contributed by atoms with Gasteiger partial charge in [0, 0.05) is 24.3 Å². The van der Waals surface area contributed by atoms with Crippen LogP contribution in [0.1, 0.15) is 54.4 Å². The van der Waals surface area contributed by atoms with Crippen molar-refractivity contribution in [1.29, 1.82) is 0 Å². The Balaban J connectivity index is 1.49. The van der Waals surface area contributed by atoms with Crippen LogP contribution in [0, 0.1) is 0 Å². The van der Waals surface area contributed by atoms with Crippen molar-refractivity contribution in [2.45, 2.75) is 49.8 Å². The number of carbonyl (C=O) groups excluding carboxylic acids is 2. The molecular weight excluding hydrogens is 342 g/mol. The van der Waals surface area contributed by atoms with Crippen molar-refractivity contribution >= 4 is 24.3 Å². The van der Waals surface area contributed by atoms with Crippen LogP contribution in [0.2, 0.25) is 0 Å². The third-order valence-electron chi connectivity index (χ3n) is 4.31. The van der Waals surface area contributed by atoms with E-state index in [1.165, 1.54) is 0 Å². The Labute approximate surface area is 161 Å². The number of amides is 1. The number of thiol groups is 1. The molecule has 0 heterocycles. The lowest BCUT2D eigenvalue weighted by molar-refractivity contribution is -0.118. The largest absolute Gasteiger partial charge is 0.352 e. The van der Waals surface area contributed by atoms with Gasteiger partial charge in [-0.1, -0.05) is 61.7 Å². The minimum Gasteiger partial charge on any atom is -0.352 e. The highest BCUT2D eigenvalue weighted by Crippen LogP contribution is 2.12. The van der Waals surface area contributed by atoms with Crippen LogP contribution in [0.25, 0.3) is 0 Å². The summed E-state index contributed by atoms with van der Waals surface area (Å²) >= 11 is 4.30. The molecule has 2 aromatic rings. The van der Waals surface area contributed by atoms with Gasteiger partial charge >= 0.3 is 0 Å².